The third kappa shape index (κ3) is 3.38. The average molecular weight is 287 g/mol. The Hall–Kier alpha value is -1.55. The zero-order valence-electron chi connectivity index (χ0n) is 12.8. The molecule has 0 bridgehead atoms. The first-order valence-corrected chi connectivity index (χ1v) is 8.09. The maximum Gasteiger partial charge on any atom is 0.253 e. The minimum Gasteiger partial charge on any atom is -0.369 e. The molecule has 0 aromatic heterocycles. The summed E-state index contributed by atoms with van der Waals surface area (Å²) in [5.41, 5.74) is 2.01. The maximum absolute atomic E-state index is 12.7. The number of piperazine rings is 1. The van der Waals surface area contributed by atoms with Crippen molar-refractivity contribution < 1.29 is 4.79 Å². The quantitative estimate of drug-likeness (QED) is 0.903. The topological polar surface area (TPSA) is 35.6 Å². The van der Waals surface area contributed by atoms with Gasteiger partial charge in [0.25, 0.3) is 5.91 Å². The molecule has 0 radical (unpaired) electrons. The Labute approximate surface area is 127 Å². The van der Waals surface area contributed by atoms with Crippen molar-refractivity contribution in [3.8, 4) is 0 Å². The Morgan fingerprint density at radius 2 is 2.05 bits per heavy atom. The van der Waals surface area contributed by atoms with Crippen LogP contribution in [0.1, 0.15) is 30.1 Å². The summed E-state index contributed by atoms with van der Waals surface area (Å²) in [5.74, 6) is 0.817. The minimum atomic E-state index is 0.193. The summed E-state index contributed by atoms with van der Waals surface area (Å²) < 4.78 is 0. The number of carbonyl (C=O) groups excluding carboxylic acids is 1. The van der Waals surface area contributed by atoms with Gasteiger partial charge in [-0.3, -0.25) is 4.79 Å². The third-order valence-corrected chi connectivity index (χ3v) is 4.52. The first kappa shape index (κ1) is 14.4. The SMILES string of the molecule is CC1CCCN(C(=O)c2cccc(N3CCNCC3)c2)C1. The highest BCUT2D eigenvalue weighted by atomic mass is 16.2. The van der Waals surface area contributed by atoms with Crippen LogP contribution in [0.3, 0.4) is 0 Å². The van der Waals surface area contributed by atoms with E-state index >= 15 is 0 Å². The first-order chi connectivity index (χ1) is 10.2. The number of anilines is 1. The van der Waals surface area contributed by atoms with Gasteiger partial charge < -0.3 is 15.1 Å². The van der Waals surface area contributed by atoms with Crippen molar-refractivity contribution in [3.63, 3.8) is 0 Å². The molecule has 4 nitrogen and oxygen atoms in total. The number of nitrogens with zero attached hydrogens (tertiary/aromatic N) is 2. The predicted octanol–water partition coefficient (Wildman–Crippen LogP) is 1.97. The Bertz CT molecular complexity index is 497. The number of likely N-dealkylation sites (tertiary alicyclic amines) is 1. The lowest BCUT2D eigenvalue weighted by Crippen LogP contribution is -2.43. The Balaban J connectivity index is 1.74. The molecule has 4 heteroatoms. The minimum absolute atomic E-state index is 0.193. The van der Waals surface area contributed by atoms with E-state index in [9.17, 15) is 4.79 Å². The van der Waals surface area contributed by atoms with E-state index in [1.165, 1.54) is 12.1 Å². The fraction of sp³-hybridized carbons (Fsp3) is 0.588. The van der Waals surface area contributed by atoms with Crippen molar-refractivity contribution in [1.29, 1.82) is 0 Å². The van der Waals surface area contributed by atoms with Crippen LogP contribution in [0, 0.1) is 5.92 Å². The van der Waals surface area contributed by atoms with Crippen LogP contribution in [0.25, 0.3) is 0 Å². The molecule has 2 fully saturated rings. The highest BCUT2D eigenvalue weighted by Gasteiger charge is 2.22. The molecular weight excluding hydrogens is 262 g/mol. The number of rotatable bonds is 2. The summed E-state index contributed by atoms with van der Waals surface area (Å²) in [7, 11) is 0. The molecule has 0 spiro atoms. The van der Waals surface area contributed by atoms with Crippen molar-refractivity contribution in [2.75, 3.05) is 44.2 Å². The number of benzene rings is 1. The summed E-state index contributed by atoms with van der Waals surface area (Å²) in [6.45, 7) is 8.09. The standard InChI is InChI=1S/C17H25N3O/c1-14-4-3-9-20(13-14)17(21)15-5-2-6-16(12-15)19-10-7-18-8-11-19/h2,5-6,12,14,18H,3-4,7-11,13H2,1H3. The first-order valence-electron chi connectivity index (χ1n) is 8.09. The molecule has 2 aliphatic heterocycles. The van der Waals surface area contributed by atoms with Crippen LogP contribution in [0.5, 0.6) is 0 Å². The van der Waals surface area contributed by atoms with Gasteiger partial charge in [-0.05, 0) is 37.0 Å². The largest absolute Gasteiger partial charge is 0.369 e. The van der Waals surface area contributed by atoms with Gasteiger partial charge in [-0.25, -0.2) is 0 Å². The maximum atomic E-state index is 12.7. The number of amides is 1. The van der Waals surface area contributed by atoms with E-state index in [0.717, 1.165) is 51.3 Å². The molecule has 1 N–H and O–H groups in total. The molecule has 1 aromatic rings. The van der Waals surface area contributed by atoms with Gasteiger partial charge in [-0.1, -0.05) is 13.0 Å². The molecule has 1 amide bonds. The number of hydrogen-bond donors (Lipinski definition) is 1. The summed E-state index contributed by atoms with van der Waals surface area (Å²) in [4.78, 5) is 17.0. The molecule has 0 aliphatic carbocycles. The second kappa shape index (κ2) is 6.48. The lowest BCUT2D eigenvalue weighted by atomic mass is 9.99. The lowest BCUT2D eigenvalue weighted by Gasteiger charge is -2.32. The molecule has 3 rings (SSSR count). The smallest absolute Gasteiger partial charge is 0.253 e. The number of nitrogens with one attached hydrogen (secondary N) is 1. The second-order valence-corrected chi connectivity index (χ2v) is 6.29. The molecule has 21 heavy (non-hydrogen) atoms. The third-order valence-electron chi connectivity index (χ3n) is 4.52. The summed E-state index contributed by atoms with van der Waals surface area (Å²) in [5, 5.41) is 3.36. The van der Waals surface area contributed by atoms with E-state index in [2.05, 4.69) is 29.3 Å². The van der Waals surface area contributed by atoms with Crippen LogP contribution < -0.4 is 10.2 Å². The summed E-state index contributed by atoms with van der Waals surface area (Å²) >= 11 is 0. The van der Waals surface area contributed by atoms with Gasteiger partial charge in [0.1, 0.15) is 0 Å². The van der Waals surface area contributed by atoms with Crippen LogP contribution in [-0.2, 0) is 0 Å². The van der Waals surface area contributed by atoms with Crippen LogP contribution >= 0.6 is 0 Å². The van der Waals surface area contributed by atoms with Gasteiger partial charge >= 0.3 is 0 Å². The van der Waals surface area contributed by atoms with Gasteiger partial charge in [-0.15, -0.1) is 0 Å². The van der Waals surface area contributed by atoms with Crippen molar-refractivity contribution >= 4 is 11.6 Å². The van der Waals surface area contributed by atoms with E-state index < -0.39 is 0 Å². The second-order valence-electron chi connectivity index (χ2n) is 6.29. The van der Waals surface area contributed by atoms with E-state index in [4.69, 9.17) is 0 Å². The molecule has 2 aliphatic rings. The van der Waals surface area contributed by atoms with Gasteiger partial charge in [0.05, 0.1) is 0 Å². The molecule has 114 valence electrons. The van der Waals surface area contributed by atoms with Gasteiger partial charge in [0.15, 0.2) is 0 Å². The Kier molecular flexibility index (Phi) is 4.44. The molecule has 2 heterocycles. The Morgan fingerprint density at radius 3 is 2.81 bits per heavy atom. The van der Waals surface area contributed by atoms with Crippen molar-refractivity contribution in [2.24, 2.45) is 5.92 Å². The molecule has 0 saturated carbocycles. The molecule has 1 atom stereocenters. The number of carbonyl (C=O) groups is 1. The van der Waals surface area contributed by atoms with E-state index in [1.54, 1.807) is 0 Å². The average Bonchev–Trinajstić information content (AvgIpc) is 2.55. The summed E-state index contributed by atoms with van der Waals surface area (Å²) in [6, 6.07) is 8.14. The molecular formula is C17H25N3O. The monoisotopic (exact) mass is 287 g/mol. The van der Waals surface area contributed by atoms with Crippen molar-refractivity contribution in [2.45, 2.75) is 19.8 Å². The lowest BCUT2D eigenvalue weighted by molar-refractivity contribution is 0.0683. The Morgan fingerprint density at radius 1 is 1.24 bits per heavy atom. The van der Waals surface area contributed by atoms with Gasteiger partial charge in [0, 0.05) is 50.5 Å². The highest BCUT2D eigenvalue weighted by molar-refractivity contribution is 5.95. The van der Waals surface area contributed by atoms with Gasteiger partial charge in [-0.2, -0.15) is 0 Å². The zero-order chi connectivity index (χ0) is 14.7. The fourth-order valence-electron chi connectivity index (χ4n) is 3.32. The van der Waals surface area contributed by atoms with E-state index in [1.807, 2.05) is 17.0 Å². The summed E-state index contributed by atoms with van der Waals surface area (Å²) in [6.07, 6.45) is 2.37. The molecule has 1 aromatic carbocycles. The van der Waals surface area contributed by atoms with Crippen molar-refractivity contribution in [1.82, 2.24) is 10.2 Å². The molecule has 2 saturated heterocycles. The number of piperidine rings is 1. The predicted molar refractivity (Wildman–Crippen MR) is 85.8 cm³/mol. The zero-order valence-corrected chi connectivity index (χ0v) is 12.8. The highest BCUT2D eigenvalue weighted by Crippen LogP contribution is 2.21. The van der Waals surface area contributed by atoms with Crippen LogP contribution in [0.2, 0.25) is 0 Å². The van der Waals surface area contributed by atoms with Crippen molar-refractivity contribution in [3.05, 3.63) is 29.8 Å². The normalized spacial score (nSPS) is 23.2. The molecule has 1 unspecified atom stereocenters. The van der Waals surface area contributed by atoms with E-state index in [-0.39, 0.29) is 5.91 Å². The number of hydrogen-bond acceptors (Lipinski definition) is 3. The van der Waals surface area contributed by atoms with Crippen LogP contribution in [-0.4, -0.2) is 50.1 Å². The van der Waals surface area contributed by atoms with Gasteiger partial charge in [0.2, 0.25) is 0 Å². The van der Waals surface area contributed by atoms with Crippen LogP contribution in [0.4, 0.5) is 5.69 Å². The fourth-order valence-corrected chi connectivity index (χ4v) is 3.32. The van der Waals surface area contributed by atoms with Crippen LogP contribution in [0.15, 0.2) is 24.3 Å². The van der Waals surface area contributed by atoms with E-state index in [0.29, 0.717) is 5.92 Å².